The van der Waals surface area contributed by atoms with Crippen LogP contribution in [-0.2, 0) is 7.05 Å². The van der Waals surface area contributed by atoms with Crippen LogP contribution in [0.15, 0.2) is 82.0 Å². The predicted molar refractivity (Wildman–Crippen MR) is 120 cm³/mol. The van der Waals surface area contributed by atoms with Crippen LogP contribution < -0.4 is 15.1 Å². The molecular weight excluding hydrogens is 408 g/mol. The van der Waals surface area contributed by atoms with E-state index in [2.05, 4.69) is 4.98 Å². The summed E-state index contributed by atoms with van der Waals surface area (Å²) in [4.78, 5) is 29.7. The zero-order valence-corrected chi connectivity index (χ0v) is 17.4. The van der Waals surface area contributed by atoms with Gasteiger partial charge in [0.05, 0.1) is 23.7 Å². The molecule has 0 radical (unpaired) electrons. The number of nitrogens with zero attached hydrogens (tertiary/aromatic N) is 2. The Balaban J connectivity index is 1.48. The van der Waals surface area contributed by atoms with Crippen molar-refractivity contribution in [3.63, 3.8) is 0 Å². The van der Waals surface area contributed by atoms with E-state index in [0.717, 1.165) is 11.0 Å². The monoisotopic (exact) mass is 426 g/mol. The number of methoxy groups -OCH3 is 1. The number of benzene rings is 3. The third kappa shape index (κ3) is 3.39. The van der Waals surface area contributed by atoms with Crippen LogP contribution >= 0.6 is 0 Å². The van der Waals surface area contributed by atoms with Crippen molar-refractivity contribution in [1.29, 1.82) is 0 Å². The molecule has 7 heteroatoms. The molecule has 5 aromatic rings. The summed E-state index contributed by atoms with van der Waals surface area (Å²) in [6, 6.07) is 20.9. The Morgan fingerprint density at radius 3 is 2.47 bits per heavy atom. The number of carbonyl (C=O) groups excluding carboxylic acids is 1. The van der Waals surface area contributed by atoms with Crippen LogP contribution in [-0.4, -0.2) is 22.6 Å². The molecule has 3 aromatic carbocycles. The van der Waals surface area contributed by atoms with Crippen LogP contribution in [0, 0.1) is 0 Å². The van der Waals surface area contributed by atoms with Crippen LogP contribution in [0.2, 0.25) is 0 Å². The number of imidazole rings is 1. The summed E-state index contributed by atoms with van der Waals surface area (Å²) in [7, 11) is 3.41. The van der Waals surface area contributed by atoms with Gasteiger partial charge in [0.1, 0.15) is 28.5 Å². The molecule has 0 unspecified atom stereocenters. The highest BCUT2D eigenvalue weighted by atomic mass is 16.5. The van der Waals surface area contributed by atoms with Gasteiger partial charge in [-0.1, -0.05) is 12.1 Å². The van der Waals surface area contributed by atoms with E-state index in [4.69, 9.17) is 13.9 Å². The fraction of sp³-hybridized carbons (Fsp3) is 0.0800. The summed E-state index contributed by atoms with van der Waals surface area (Å²) in [5.41, 5.74) is 2.25. The Bertz CT molecular complexity index is 1530. The average Bonchev–Trinajstić information content (AvgIpc) is 3.15. The lowest BCUT2D eigenvalue weighted by molar-refractivity contribution is 0.0735. The Labute approximate surface area is 182 Å². The number of para-hydroxylation sites is 2. The van der Waals surface area contributed by atoms with Crippen molar-refractivity contribution < 1.29 is 18.7 Å². The van der Waals surface area contributed by atoms with E-state index in [1.54, 1.807) is 49.6 Å². The number of hydrogen-bond donors (Lipinski definition) is 0. The normalized spacial score (nSPS) is 11.1. The van der Waals surface area contributed by atoms with Crippen LogP contribution in [0.4, 0.5) is 0 Å². The highest BCUT2D eigenvalue weighted by molar-refractivity contribution is 5.92. The fourth-order valence-corrected chi connectivity index (χ4v) is 3.59. The summed E-state index contributed by atoms with van der Waals surface area (Å²) >= 11 is 0. The van der Waals surface area contributed by atoms with Gasteiger partial charge in [-0.25, -0.2) is 14.6 Å². The number of carbonyl (C=O) groups is 1. The van der Waals surface area contributed by atoms with E-state index in [-0.39, 0.29) is 5.75 Å². The van der Waals surface area contributed by atoms with Crippen molar-refractivity contribution in [3.05, 3.63) is 88.8 Å². The maximum atomic E-state index is 12.7. The van der Waals surface area contributed by atoms with E-state index in [0.29, 0.717) is 33.7 Å². The Hall–Kier alpha value is -4.39. The van der Waals surface area contributed by atoms with Crippen molar-refractivity contribution in [2.75, 3.05) is 7.11 Å². The highest BCUT2D eigenvalue weighted by Crippen LogP contribution is 2.26. The van der Waals surface area contributed by atoms with Gasteiger partial charge in [0, 0.05) is 18.5 Å². The summed E-state index contributed by atoms with van der Waals surface area (Å²) in [5, 5.41) is 0.691. The second-order valence-electron chi connectivity index (χ2n) is 7.25. The first-order chi connectivity index (χ1) is 15.5. The number of esters is 1. The lowest BCUT2D eigenvalue weighted by atomic mass is 10.1. The Kier molecular flexibility index (Phi) is 4.71. The maximum Gasteiger partial charge on any atom is 0.347 e. The third-order valence-corrected chi connectivity index (χ3v) is 5.27. The first-order valence-electron chi connectivity index (χ1n) is 9.89. The second kappa shape index (κ2) is 7.70. The molecule has 0 N–H and O–H groups in total. The van der Waals surface area contributed by atoms with E-state index in [9.17, 15) is 9.59 Å². The molecular formula is C25H18N2O5. The fourth-order valence-electron chi connectivity index (χ4n) is 3.59. The molecule has 0 aliphatic heterocycles. The van der Waals surface area contributed by atoms with Crippen LogP contribution in [0.3, 0.4) is 0 Å². The smallest absolute Gasteiger partial charge is 0.347 e. The van der Waals surface area contributed by atoms with E-state index in [1.807, 2.05) is 35.9 Å². The minimum absolute atomic E-state index is 0.275. The summed E-state index contributed by atoms with van der Waals surface area (Å²) in [6.45, 7) is 0. The topological polar surface area (TPSA) is 83.6 Å². The first kappa shape index (κ1) is 19.6. The van der Waals surface area contributed by atoms with E-state index >= 15 is 0 Å². The van der Waals surface area contributed by atoms with E-state index < -0.39 is 11.6 Å². The van der Waals surface area contributed by atoms with Crippen molar-refractivity contribution in [2.45, 2.75) is 0 Å². The molecule has 0 saturated carbocycles. The van der Waals surface area contributed by atoms with Crippen LogP contribution in [0.5, 0.6) is 11.5 Å². The second-order valence-corrected chi connectivity index (χ2v) is 7.25. The van der Waals surface area contributed by atoms with Crippen molar-refractivity contribution >= 4 is 28.0 Å². The molecule has 0 aliphatic carbocycles. The number of hydrogen-bond acceptors (Lipinski definition) is 6. The van der Waals surface area contributed by atoms with Crippen molar-refractivity contribution in [2.24, 2.45) is 7.05 Å². The molecule has 2 heterocycles. The lowest BCUT2D eigenvalue weighted by Gasteiger charge is -2.07. The Morgan fingerprint density at radius 2 is 1.72 bits per heavy atom. The standard InChI is InChI=1S/C25H18N2O5/c1-27-21-6-4-3-5-20(21)26-23(27)19-13-16-9-12-18(14-22(16)32-25(19)29)31-24(28)15-7-10-17(30-2)11-8-15/h3-14H,1-2H3. The van der Waals surface area contributed by atoms with Crippen molar-refractivity contribution in [3.8, 4) is 22.9 Å². The van der Waals surface area contributed by atoms with Gasteiger partial charge < -0.3 is 18.5 Å². The van der Waals surface area contributed by atoms with Gasteiger partial charge in [0.2, 0.25) is 0 Å². The van der Waals surface area contributed by atoms with Gasteiger partial charge in [0.15, 0.2) is 0 Å². The number of aryl methyl sites for hydroxylation is 1. The summed E-state index contributed by atoms with van der Waals surface area (Å²) in [5.74, 6) is 0.921. The van der Waals surface area contributed by atoms with E-state index in [1.165, 1.54) is 6.07 Å². The summed E-state index contributed by atoms with van der Waals surface area (Å²) < 4.78 is 17.9. The average molecular weight is 426 g/mol. The highest BCUT2D eigenvalue weighted by Gasteiger charge is 2.16. The van der Waals surface area contributed by atoms with Gasteiger partial charge in [0.25, 0.3) is 0 Å². The zero-order chi connectivity index (χ0) is 22.2. The maximum absolute atomic E-state index is 12.7. The molecule has 0 spiro atoms. The Morgan fingerprint density at radius 1 is 0.969 bits per heavy atom. The molecule has 0 fully saturated rings. The van der Waals surface area contributed by atoms with Gasteiger partial charge >= 0.3 is 11.6 Å². The van der Waals surface area contributed by atoms with Crippen LogP contribution in [0.1, 0.15) is 10.4 Å². The molecule has 158 valence electrons. The molecule has 0 atom stereocenters. The third-order valence-electron chi connectivity index (χ3n) is 5.27. The molecule has 0 amide bonds. The summed E-state index contributed by atoms with van der Waals surface area (Å²) in [6.07, 6.45) is 0. The number of aromatic nitrogens is 2. The molecule has 5 rings (SSSR count). The van der Waals surface area contributed by atoms with Crippen LogP contribution in [0.25, 0.3) is 33.4 Å². The minimum atomic E-state index is -0.523. The SMILES string of the molecule is COc1ccc(C(=O)Oc2ccc3cc(-c4nc5ccccc5n4C)c(=O)oc3c2)cc1. The molecule has 2 aromatic heterocycles. The van der Waals surface area contributed by atoms with Gasteiger partial charge in [-0.05, 0) is 54.6 Å². The largest absolute Gasteiger partial charge is 0.497 e. The van der Waals surface area contributed by atoms with Crippen molar-refractivity contribution in [1.82, 2.24) is 9.55 Å². The van der Waals surface area contributed by atoms with Gasteiger partial charge in [-0.2, -0.15) is 0 Å². The lowest BCUT2D eigenvalue weighted by Crippen LogP contribution is -2.09. The molecule has 0 bridgehead atoms. The number of rotatable bonds is 4. The predicted octanol–water partition coefficient (Wildman–Crippen LogP) is 4.57. The first-order valence-corrected chi connectivity index (χ1v) is 9.89. The molecule has 0 saturated heterocycles. The number of ether oxygens (including phenoxy) is 2. The number of fused-ring (bicyclic) bond motifs is 2. The van der Waals surface area contributed by atoms with Gasteiger partial charge in [-0.15, -0.1) is 0 Å². The van der Waals surface area contributed by atoms with Gasteiger partial charge in [-0.3, -0.25) is 0 Å². The molecule has 32 heavy (non-hydrogen) atoms. The quantitative estimate of drug-likeness (QED) is 0.238. The molecule has 7 nitrogen and oxygen atoms in total. The minimum Gasteiger partial charge on any atom is -0.497 e. The molecule has 0 aliphatic rings. The zero-order valence-electron chi connectivity index (χ0n) is 17.4.